The Labute approximate surface area is 137 Å². The lowest BCUT2D eigenvalue weighted by Crippen LogP contribution is -2.00. The summed E-state index contributed by atoms with van der Waals surface area (Å²) in [5, 5.41) is 0. The second-order valence-corrected chi connectivity index (χ2v) is 4.92. The highest BCUT2D eigenvalue weighted by molar-refractivity contribution is 5.64. The Balaban J connectivity index is 1.92. The molecule has 0 aliphatic heterocycles. The Kier molecular flexibility index (Phi) is 3.65. The highest BCUT2D eigenvalue weighted by Crippen LogP contribution is 2.22. The van der Waals surface area contributed by atoms with Crippen molar-refractivity contribution in [1.29, 1.82) is 0 Å². The fraction of sp³-hybridized carbons (Fsp3) is 0. The summed E-state index contributed by atoms with van der Waals surface area (Å²) in [5.41, 5.74) is 2.33. The molecule has 0 radical (unpaired) electrons. The normalized spacial score (nSPS) is 10.5. The molecule has 0 saturated carbocycles. The first kappa shape index (κ1) is 14.0. The molecule has 0 atom stereocenters. The van der Waals surface area contributed by atoms with Crippen LogP contribution >= 0.6 is 0 Å². The summed E-state index contributed by atoms with van der Waals surface area (Å²) in [5.74, 6) is 1.58. The van der Waals surface area contributed by atoms with Gasteiger partial charge < -0.3 is 0 Å². The van der Waals surface area contributed by atoms with Gasteiger partial charge in [0.2, 0.25) is 0 Å². The van der Waals surface area contributed by atoms with Crippen LogP contribution in [0.1, 0.15) is 0 Å². The van der Waals surface area contributed by atoms with E-state index in [1.54, 1.807) is 37.2 Å². The molecule has 0 spiro atoms. The molecule has 0 aromatic carbocycles. The van der Waals surface area contributed by atoms with Gasteiger partial charge >= 0.3 is 0 Å². The molecule has 24 heavy (non-hydrogen) atoms. The smallest absolute Gasteiger partial charge is 0.167 e. The van der Waals surface area contributed by atoms with Gasteiger partial charge in [-0.15, -0.1) is 0 Å². The molecule has 0 N–H and O–H groups in total. The lowest BCUT2D eigenvalue weighted by atomic mass is 10.2. The maximum Gasteiger partial charge on any atom is 0.167 e. The molecule has 0 bridgehead atoms. The highest BCUT2D eigenvalue weighted by Gasteiger charge is 2.12. The molecule has 4 heterocycles. The minimum atomic E-state index is 0.503. The molecule has 7 heteroatoms. The van der Waals surface area contributed by atoms with Crippen LogP contribution in [-0.2, 0) is 0 Å². The van der Waals surface area contributed by atoms with E-state index in [0.29, 0.717) is 17.5 Å². The van der Waals surface area contributed by atoms with E-state index in [2.05, 4.69) is 34.9 Å². The standard InChI is InChI=1S/C17H11N7/c1-3-12(7-18-5-1)15-22-16(13-4-2-6-19-8-13)24-17(23-15)14-9-20-11-21-10-14/h1-11H. The number of hydrogen-bond acceptors (Lipinski definition) is 7. The number of hydrogen-bond donors (Lipinski definition) is 0. The van der Waals surface area contributed by atoms with Crippen molar-refractivity contribution in [1.82, 2.24) is 34.9 Å². The van der Waals surface area contributed by atoms with Gasteiger partial charge in [-0.3, -0.25) is 9.97 Å². The van der Waals surface area contributed by atoms with Gasteiger partial charge in [-0.1, -0.05) is 0 Å². The van der Waals surface area contributed by atoms with E-state index in [1.807, 2.05) is 24.3 Å². The van der Waals surface area contributed by atoms with E-state index in [4.69, 9.17) is 0 Å². The highest BCUT2D eigenvalue weighted by atomic mass is 15.0. The lowest BCUT2D eigenvalue weighted by Gasteiger charge is -2.07. The summed E-state index contributed by atoms with van der Waals surface area (Å²) in [4.78, 5) is 29.9. The average Bonchev–Trinajstić information content (AvgIpc) is 2.70. The predicted molar refractivity (Wildman–Crippen MR) is 87.3 cm³/mol. The minimum absolute atomic E-state index is 0.503. The molecule has 4 aromatic rings. The molecule has 0 aliphatic carbocycles. The van der Waals surface area contributed by atoms with Crippen LogP contribution in [0.5, 0.6) is 0 Å². The first-order valence-corrected chi connectivity index (χ1v) is 7.22. The largest absolute Gasteiger partial charge is 0.264 e. The molecule has 0 aliphatic rings. The number of rotatable bonds is 3. The monoisotopic (exact) mass is 313 g/mol. The predicted octanol–water partition coefficient (Wildman–Crippen LogP) is 2.45. The van der Waals surface area contributed by atoms with Crippen LogP contribution in [-0.4, -0.2) is 34.9 Å². The van der Waals surface area contributed by atoms with Crippen LogP contribution in [0.2, 0.25) is 0 Å². The second kappa shape index (κ2) is 6.25. The van der Waals surface area contributed by atoms with E-state index in [0.717, 1.165) is 16.7 Å². The zero-order valence-electron chi connectivity index (χ0n) is 12.5. The molecule has 0 saturated heterocycles. The summed E-state index contributed by atoms with van der Waals surface area (Å²) in [6, 6.07) is 7.49. The Morgan fingerprint density at radius 1 is 0.500 bits per heavy atom. The van der Waals surface area contributed by atoms with Crippen molar-refractivity contribution < 1.29 is 0 Å². The SMILES string of the molecule is c1cncc(-c2nc(-c3cccnc3)nc(-c3cncnc3)n2)c1. The van der Waals surface area contributed by atoms with Crippen LogP contribution < -0.4 is 0 Å². The fourth-order valence-corrected chi connectivity index (χ4v) is 2.17. The number of nitrogens with zero attached hydrogens (tertiary/aromatic N) is 7. The molecule has 7 nitrogen and oxygen atoms in total. The number of pyridine rings is 2. The average molecular weight is 313 g/mol. The summed E-state index contributed by atoms with van der Waals surface area (Å²) in [7, 11) is 0. The third-order valence-corrected chi connectivity index (χ3v) is 3.29. The Hall–Kier alpha value is -3.61. The Bertz CT molecular complexity index is 805. The lowest BCUT2D eigenvalue weighted by molar-refractivity contribution is 1.05. The van der Waals surface area contributed by atoms with Crippen molar-refractivity contribution in [3.8, 4) is 34.2 Å². The van der Waals surface area contributed by atoms with E-state index >= 15 is 0 Å². The zero-order valence-corrected chi connectivity index (χ0v) is 12.5. The van der Waals surface area contributed by atoms with Gasteiger partial charge in [-0.05, 0) is 24.3 Å². The van der Waals surface area contributed by atoms with Gasteiger partial charge in [0.15, 0.2) is 17.5 Å². The van der Waals surface area contributed by atoms with Gasteiger partial charge in [-0.25, -0.2) is 24.9 Å². The minimum Gasteiger partial charge on any atom is -0.264 e. The fourth-order valence-electron chi connectivity index (χ4n) is 2.17. The molecule has 114 valence electrons. The molecule has 4 rings (SSSR count). The Morgan fingerprint density at radius 3 is 1.42 bits per heavy atom. The second-order valence-electron chi connectivity index (χ2n) is 4.92. The van der Waals surface area contributed by atoms with E-state index < -0.39 is 0 Å². The van der Waals surface area contributed by atoms with Crippen molar-refractivity contribution in [2.75, 3.05) is 0 Å². The maximum absolute atomic E-state index is 4.56. The van der Waals surface area contributed by atoms with Gasteiger partial charge in [0, 0.05) is 48.3 Å². The van der Waals surface area contributed by atoms with Crippen LogP contribution in [0.3, 0.4) is 0 Å². The summed E-state index contributed by atoms with van der Waals surface area (Å²) in [6.07, 6.45) is 11.7. The van der Waals surface area contributed by atoms with Gasteiger partial charge in [0.25, 0.3) is 0 Å². The van der Waals surface area contributed by atoms with Crippen molar-refractivity contribution >= 4 is 0 Å². The molecular formula is C17H11N7. The quantitative estimate of drug-likeness (QED) is 0.573. The number of aromatic nitrogens is 7. The molecule has 0 fully saturated rings. The van der Waals surface area contributed by atoms with Crippen molar-refractivity contribution in [2.45, 2.75) is 0 Å². The molecule has 4 aromatic heterocycles. The molecule has 0 unspecified atom stereocenters. The topological polar surface area (TPSA) is 90.2 Å². The maximum atomic E-state index is 4.56. The zero-order chi connectivity index (χ0) is 16.2. The van der Waals surface area contributed by atoms with Crippen LogP contribution in [0.15, 0.2) is 67.8 Å². The van der Waals surface area contributed by atoms with Crippen molar-refractivity contribution in [3.05, 3.63) is 67.8 Å². The van der Waals surface area contributed by atoms with Crippen LogP contribution in [0.4, 0.5) is 0 Å². The van der Waals surface area contributed by atoms with Crippen molar-refractivity contribution in [2.24, 2.45) is 0 Å². The summed E-state index contributed by atoms with van der Waals surface area (Å²) < 4.78 is 0. The third-order valence-electron chi connectivity index (χ3n) is 3.29. The first-order valence-electron chi connectivity index (χ1n) is 7.22. The van der Waals surface area contributed by atoms with E-state index in [9.17, 15) is 0 Å². The summed E-state index contributed by atoms with van der Waals surface area (Å²) >= 11 is 0. The summed E-state index contributed by atoms with van der Waals surface area (Å²) in [6.45, 7) is 0. The van der Waals surface area contributed by atoms with Gasteiger partial charge in [0.05, 0.1) is 5.56 Å². The van der Waals surface area contributed by atoms with Crippen LogP contribution in [0.25, 0.3) is 34.2 Å². The van der Waals surface area contributed by atoms with E-state index in [1.165, 1.54) is 6.33 Å². The van der Waals surface area contributed by atoms with Gasteiger partial charge in [-0.2, -0.15) is 0 Å². The molecular weight excluding hydrogens is 302 g/mol. The Morgan fingerprint density at radius 2 is 0.958 bits per heavy atom. The third kappa shape index (κ3) is 2.82. The van der Waals surface area contributed by atoms with Crippen molar-refractivity contribution in [3.63, 3.8) is 0 Å². The van der Waals surface area contributed by atoms with Gasteiger partial charge in [0.1, 0.15) is 6.33 Å². The van der Waals surface area contributed by atoms with Crippen LogP contribution in [0, 0.1) is 0 Å². The molecule has 0 amide bonds. The van der Waals surface area contributed by atoms with E-state index in [-0.39, 0.29) is 0 Å². The first-order chi connectivity index (χ1) is 11.9.